The Labute approximate surface area is 96.9 Å². The number of hydrogen-bond acceptors (Lipinski definition) is 3. The highest BCUT2D eigenvalue weighted by atomic mass is 16.3. The van der Waals surface area contributed by atoms with E-state index < -0.39 is 0 Å². The van der Waals surface area contributed by atoms with Gasteiger partial charge >= 0.3 is 0 Å². The van der Waals surface area contributed by atoms with Crippen LogP contribution in [0.15, 0.2) is 18.5 Å². The Morgan fingerprint density at radius 2 is 2.19 bits per heavy atom. The number of rotatable bonds is 4. The van der Waals surface area contributed by atoms with Crippen LogP contribution >= 0.6 is 0 Å². The van der Waals surface area contributed by atoms with Gasteiger partial charge in [-0.25, -0.2) is 0 Å². The predicted molar refractivity (Wildman–Crippen MR) is 64.1 cm³/mol. The quantitative estimate of drug-likeness (QED) is 0.813. The molecular weight excluding hydrogens is 200 g/mol. The van der Waals surface area contributed by atoms with Gasteiger partial charge in [-0.3, -0.25) is 4.98 Å². The van der Waals surface area contributed by atoms with Crippen LogP contribution in [0.5, 0.6) is 0 Å². The van der Waals surface area contributed by atoms with E-state index in [0.29, 0.717) is 0 Å². The van der Waals surface area contributed by atoms with E-state index in [0.717, 1.165) is 19.4 Å². The number of pyridine rings is 1. The van der Waals surface area contributed by atoms with Gasteiger partial charge in [0.15, 0.2) is 0 Å². The van der Waals surface area contributed by atoms with E-state index >= 15 is 0 Å². The Balaban J connectivity index is 1.98. The van der Waals surface area contributed by atoms with Gasteiger partial charge in [-0.1, -0.05) is 12.8 Å². The zero-order valence-corrected chi connectivity index (χ0v) is 9.87. The zero-order valence-electron chi connectivity index (χ0n) is 9.87. The Morgan fingerprint density at radius 1 is 1.44 bits per heavy atom. The molecule has 1 fully saturated rings. The topological polar surface area (TPSA) is 45.2 Å². The fourth-order valence-electron chi connectivity index (χ4n) is 2.41. The molecule has 0 saturated heterocycles. The second-order valence-electron chi connectivity index (χ2n) is 4.80. The summed E-state index contributed by atoms with van der Waals surface area (Å²) in [5.74, 6) is 0. The van der Waals surface area contributed by atoms with Gasteiger partial charge in [-0.2, -0.15) is 0 Å². The van der Waals surface area contributed by atoms with Crippen LogP contribution in [-0.2, 0) is 6.54 Å². The average Bonchev–Trinajstić information content (AvgIpc) is 2.78. The monoisotopic (exact) mass is 220 g/mol. The summed E-state index contributed by atoms with van der Waals surface area (Å²) in [6, 6.07) is 2.03. The third kappa shape index (κ3) is 2.42. The molecule has 0 aliphatic heterocycles. The van der Waals surface area contributed by atoms with Gasteiger partial charge in [0.1, 0.15) is 0 Å². The van der Waals surface area contributed by atoms with E-state index in [4.69, 9.17) is 0 Å². The van der Waals surface area contributed by atoms with Crippen molar-refractivity contribution in [1.29, 1.82) is 0 Å². The molecule has 2 N–H and O–H groups in total. The van der Waals surface area contributed by atoms with E-state index in [1.165, 1.54) is 24.0 Å². The number of nitrogens with zero attached hydrogens (tertiary/aromatic N) is 1. The molecule has 0 bridgehead atoms. The predicted octanol–water partition coefficient (Wildman–Crippen LogP) is 1.78. The fourth-order valence-corrected chi connectivity index (χ4v) is 2.41. The molecular formula is C13H20N2O. The summed E-state index contributed by atoms with van der Waals surface area (Å²) < 4.78 is 0. The summed E-state index contributed by atoms with van der Waals surface area (Å²) in [5, 5.41) is 13.0. The normalized spacial score (nSPS) is 18.9. The summed E-state index contributed by atoms with van der Waals surface area (Å²) in [5.41, 5.74) is 2.44. The number of aryl methyl sites for hydroxylation is 1. The van der Waals surface area contributed by atoms with Crippen molar-refractivity contribution < 1.29 is 5.11 Å². The van der Waals surface area contributed by atoms with Gasteiger partial charge in [-0.15, -0.1) is 0 Å². The molecule has 1 aliphatic carbocycles. The van der Waals surface area contributed by atoms with Crippen LogP contribution in [0.1, 0.15) is 36.8 Å². The molecule has 16 heavy (non-hydrogen) atoms. The lowest BCUT2D eigenvalue weighted by atomic mass is 9.98. The minimum absolute atomic E-state index is 0.0394. The van der Waals surface area contributed by atoms with Crippen LogP contribution in [-0.4, -0.2) is 22.2 Å². The maximum Gasteiger partial charge on any atom is 0.0613 e. The molecule has 2 rings (SSSR count). The number of nitrogens with one attached hydrogen (secondary N) is 1. The first kappa shape index (κ1) is 11.6. The second-order valence-corrected chi connectivity index (χ2v) is 4.80. The Morgan fingerprint density at radius 3 is 2.81 bits per heavy atom. The maximum atomic E-state index is 9.49. The largest absolute Gasteiger partial charge is 0.394 e. The summed E-state index contributed by atoms with van der Waals surface area (Å²) >= 11 is 0. The second kappa shape index (κ2) is 4.93. The third-order valence-corrected chi connectivity index (χ3v) is 3.66. The molecule has 3 heteroatoms. The van der Waals surface area contributed by atoms with Crippen molar-refractivity contribution in [2.24, 2.45) is 0 Å². The lowest BCUT2D eigenvalue weighted by Gasteiger charge is -2.28. The molecule has 88 valence electrons. The van der Waals surface area contributed by atoms with Crippen LogP contribution in [0.4, 0.5) is 0 Å². The van der Waals surface area contributed by atoms with Crippen molar-refractivity contribution >= 4 is 0 Å². The first-order valence-corrected chi connectivity index (χ1v) is 6.01. The van der Waals surface area contributed by atoms with E-state index in [9.17, 15) is 5.11 Å². The highest BCUT2D eigenvalue weighted by Gasteiger charge is 2.32. The van der Waals surface area contributed by atoms with E-state index in [1.807, 2.05) is 18.5 Å². The molecule has 1 aliphatic rings. The highest BCUT2D eigenvalue weighted by Crippen LogP contribution is 2.29. The van der Waals surface area contributed by atoms with Gasteiger partial charge < -0.3 is 10.4 Å². The molecule has 3 nitrogen and oxygen atoms in total. The van der Waals surface area contributed by atoms with Crippen LogP contribution in [0.3, 0.4) is 0 Å². The number of hydrogen-bond donors (Lipinski definition) is 2. The zero-order chi connectivity index (χ0) is 11.4. The molecule has 0 aromatic carbocycles. The Hall–Kier alpha value is -0.930. The molecule has 0 radical (unpaired) electrons. The van der Waals surface area contributed by atoms with E-state index in [1.54, 1.807) is 0 Å². The van der Waals surface area contributed by atoms with Crippen molar-refractivity contribution in [3.8, 4) is 0 Å². The molecule has 1 aromatic heterocycles. The summed E-state index contributed by atoms with van der Waals surface area (Å²) in [6.45, 7) is 3.14. The van der Waals surface area contributed by atoms with Crippen molar-refractivity contribution in [3.05, 3.63) is 29.6 Å². The molecule has 1 heterocycles. The SMILES string of the molecule is Cc1ccncc1CNC1(CO)CCCC1. The molecule has 0 spiro atoms. The number of aromatic nitrogens is 1. The highest BCUT2D eigenvalue weighted by molar-refractivity contribution is 5.21. The smallest absolute Gasteiger partial charge is 0.0613 e. The van der Waals surface area contributed by atoms with Gasteiger partial charge in [-0.05, 0) is 37.0 Å². The molecule has 0 amide bonds. The van der Waals surface area contributed by atoms with Crippen LogP contribution in [0.2, 0.25) is 0 Å². The van der Waals surface area contributed by atoms with Crippen molar-refractivity contribution in [2.75, 3.05) is 6.61 Å². The molecule has 1 saturated carbocycles. The Bertz CT molecular complexity index is 346. The number of aliphatic hydroxyl groups excluding tert-OH is 1. The fraction of sp³-hybridized carbons (Fsp3) is 0.615. The first-order chi connectivity index (χ1) is 7.76. The van der Waals surface area contributed by atoms with Gasteiger partial charge in [0.05, 0.1) is 6.61 Å². The summed E-state index contributed by atoms with van der Waals surface area (Å²) in [6.07, 6.45) is 8.34. The summed E-state index contributed by atoms with van der Waals surface area (Å²) in [4.78, 5) is 4.14. The Kier molecular flexibility index (Phi) is 3.56. The lowest BCUT2D eigenvalue weighted by Crippen LogP contribution is -2.45. The van der Waals surface area contributed by atoms with E-state index in [2.05, 4.69) is 17.2 Å². The minimum atomic E-state index is -0.0394. The van der Waals surface area contributed by atoms with Crippen LogP contribution in [0.25, 0.3) is 0 Å². The average molecular weight is 220 g/mol. The third-order valence-electron chi connectivity index (χ3n) is 3.66. The van der Waals surface area contributed by atoms with Crippen LogP contribution in [0, 0.1) is 6.92 Å². The summed E-state index contributed by atoms with van der Waals surface area (Å²) in [7, 11) is 0. The van der Waals surface area contributed by atoms with Crippen molar-refractivity contribution in [2.45, 2.75) is 44.7 Å². The number of aliphatic hydroxyl groups is 1. The van der Waals surface area contributed by atoms with Crippen molar-refractivity contribution in [3.63, 3.8) is 0 Å². The lowest BCUT2D eigenvalue weighted by molar-refractivity contribution is 0.163. The molecule has 1 aromatic rings. The van der Waals surface area contributed by atoms with Gasteiger partial charge in [0, 0.05) is 24.5 Å². The van der Waals surface area contributed by atoms with Crippen molar-refractivity contribution in [1.82, 2.24) is 10.3 Å². The first-order valence-electron chi connectivity index (χ1n) is 6.01. The minimum Gasteiger partial charge on any atom is -0.394 e. The van der Waals surface area contributed by atoms with Gasteiger partial charge in [0.25, 0.3) is 0 Å². The molecule has 0 atom stereocenters. The van der Waals surface area contributed by atoms with Crippen LogP contribution < -0.4 is 5.32 Å². The maximum absolute atomic E-state index is 9.49. The van der Waals surface area contributed by atoms with E-state index in [-0.39, 0.29) is 12.1 Å². The standard InChI is InChI=1S/C13H20N2O/c1-11-4-7-14-8-12(11)9-15-13(10-16)5-2-3-6-13/h4,7-8,15-16H,2-3,5-6,9-10H2,1H3. The molecule has 0 unspecified atom stereocenters. The van der Waals surface area contributed by atoms with Gasteiger partial charge in [0.2, 0.25) is 0 Å².